The number of hydrogen-bond acceptors (Lipinski definition) is 3. The lowest BCUT2D eigenvalue weighted by molar-refractivity contribution is 0.0690. The molecule has 4 nitrogen and oxygen atoms in total. The fourth-order valence-electron chi connectivity index (χ4n) is 1.54. The maximum absolute atomic E-state index is 13.5. The molecule has 0 aliphatic heterocycles. The molecule has 7 heteroatoms. The molecule has 0 spiro atoms. The third-order valence-corrected chi connectivity index (χ3v) is 2.33. The van der Waals surface area contributed by atoms with Crippen LogP contribution in [0.25, 0.3) is 10.9 Å². The summed E-state index contributed by atoms with van der Waals surface area (Å²) in [6, 6.07) is 1.20. The molecule has 2 rings (SSSR count). The Morgan fingerprint density at radius 3 is 2.50 bits per heavy atom. The number of pyridine rings is 1. The zero-order valence-corrected chi connectivity index (χ0v) is 9.00. The second-order valence-electron chi connectivity index (χ2n) is 3.39. The van der Waals surface area contributed by atoms with E-state index in [9.17, 15) is 18.0 Å². The molecule has 0 atom stereocenters. The zero-order chi connectivity index (χ0) is 13.4. The molecule has 0 saturated heterocycles. The van der Waals surface area contributed by atoms with Crippen LogP contribution in [0.3, 0.4) is 0 Å². The highest BCUT2D eigenvalue weighted by atomic mass is 19.2. The number of benzene rings is 1. The number of nitrogens with zero attached hydrogens (tertiary/aromatic N) is 1. The van der Waals surface area contributed by atoms with Crippen LogP contribution in [0.5, 0.6) is 5.75 Å². The van der Waals surface area contributed by atoms with Gasteiger partial charge in [-0.25, -0.2) is 22.9 Å². The van der Waals surface area contributed by atoms with E-state index in [0.717, 1.165) is 13.2 Å². The molecular weight excluding hydrogens is 251 g/mol. The average Bonchev–Trinajstić information content (AvgIpc) is 2.34. The Labute approximate surface area is 98.6 Å². The van der Waals surface area contributed by atoms with E-state index in [0.29, 0.717) is 6.07 Å². The predicted molar refractivity (Wildman–Crippen MR) is 55.1 cm³/mol. The van der Waals surface area contributed by atoms with Crippen molar-refractivity contribution in [3.05, 3.63) is 35.3 Å². The Morgan fingerprint density at radius 2 is 1.94 bits per heavy atom. The number of ether oxygens (including phenoxy) is 1. The molecule has 0 amide bonds. The summed E-state index contributed by atoms with van der Waals surface area (Å²) in [5, 5.41) is 8.24. The number of carbonyl (C=O) groups is 1. The van der Waals surface area contributed by atoms with Gasteiger partial charge in [-0.1, -0.05) is 0 Å². The van der Waals surface area contributed by atoms with Gasteiger partial charge in [0.05, 0.1) is 12.5 Å². The summed E-state index contributed by atoms with van der Waals surface area (Å²) in [7, 11) is 1.13. The largest absolute Gasteiger partial charge is 0.496 e. The van der Waals surface area contributed by atoms with E-state index >= 15 is 0 Å². The average molecular weight is 257 g/mol. The van der Waals surface area contributed by atoms with E-state index in [2.05, 4.69) is 4.98 Å². The van der Waals surface area contributed by atoms with Gasteiger partial charge in [0.1, 0.15) is 11.3 Å². The number of carboxylic acid groups (broad SMARTS) is 1. The van der Waals surface area contributed by atoms with Gasteiger partial charge < -0.3 is 9.84 Å². The summed E-state index contributed by atoms with van der Waals surface area (Å²) in [5.74, 6) is -5.63. The van der Waals surface area contributed by atoms with Crippen molar-refractivity contribution in [2.75, 3.05) is 7.11 Å². The number of rotatable bonds is 2. The summed E-state index contributed by atoms with van der Waals surface area (Å²) in [6.07, 6.45) is 0. The number of aromatic carboxylic acids is 1. The van der Waals surface area contributed by atoms with Crippen LogP contribution >= 0.6 is 0 Å². The van der Waals surface area contributed by atoms with E-state index in [1.165, 1.54) is 0 Å². The minimum absolute atomic E-state index is 0.298. The van der Waals surface area contributed by atoms with Crippen LogP contribution in [0.4, 0.5) is 13.2 Å². The monoisotopic (exact) mass is 257 g/mol. The molecule has 0 saturated carbocycles. The first-order valence-corrected chi connectivity index (χ1v) is 4.71. The number of halogens is 3. The summed E-state index contributed by atoms with van der Waals surface area (Å²) in [4.78, 5) is 14.2. The maximum Gasteiger partial charge on any atom is 0.354 e. The van der Waals surface area contributed by atoms with Gasteiger partial charge in [0.25, 0.3) is 0 Å². The fourth-order valence-corrected chi connectivity index (χ4v) is 1.54. The van der Waals surface area contributed by atoms with Gasteiger partial charge in [0, 0.05) is 12.1 Å². The molecule has 0 bridgehead atoms. The van der Waals surface area contributed by atoms with Crippen LogP contribution in [-0.4, -0.2) is 23.2 Å². The van der Waals surface area contributed by atoms with Gasteiger partial charge >= 0.3 is 5.97 Å². The standard InChI is InChI=1S/C11H6F3NO3/c1-18-7-3-6(11(16)17)15-10-5(13)2-4(12)9(14)8(7)10/h2-3H,1H3,(H,16,17). The molecule has 0 aliphatic rings. The molecule has 1 aromatic carbocycles. The van der Waals surface area contributed by atoms with Crippen molar-refractivity contribution in [1.82, 2.24) is 4.98 Å². The first-order valence-electron chi connectivity index (χ1n) is 4.71. The smallest absolute Gasteiger partial charge is 0.354 e. The van der Waals surface area contributed by atoms with Crippen molar-refractivity contribution in [2.45, 2.75) is 0 Å². The van der Waals surface area contributed by atoms with Crippen LogP contribution in [0.2, 0.25) is 0 Å². The number of aromatic nitrogens is 1. The molecule has 0 radical (unpaired) electrons. The quantitative estimate of drug-likeness (QED) is 0.839. The molecule has 0 fully saturated rings. The molecule has 94 valence electrons. The van der Waals surface area contributed by atoms with E-state index in [1.54, 1.807) is 0 Å². The number of fused-ring (bicyclic) bond motifs is 1. The Balaban J connectivity index is 2.96. The molecule has 0 aliphatic carbocycles. The van der Waals surface area contributed by atoms with Crippen LogP contribution < -0.4 is 4.74 Å². The lowest BCUT2D eigenvalue weighted by Gasteiger charge is -2.08. The van der Waals surface area contributed by atoms with Crippen molar-refractivity contribution in [1.29, 1.82) is 0 Å². The molecule has 1 aromatic heterocycles. The second-order valence-corrected chi connectivity index (χ2v) is 3.39. The first kappa shape index (κ1) is 12.2. The Kier molecular flexibility index (Phi) is 2.82. The van der Waals surface area contributed by atoms with Gasteiger partial charge in [-0.2, -0.15) is 0 Å². The normalized spacial score (nSPS) is 10.7. The topological polar surface area (TPSA) is 59.4 Å². The summed E-state index contributed by atoms with van der Waals surface area (Å²) < 4.78 is 44.8. The van der Waals surface area contributed by atoms with Gasteiger partial charge in [-0.15, -0.1) is 0 Å². The van der Waals surface area contributed by atoms with E-state index in [-0.39, 0.29) is 5.75 Å². The number of hydrogen-bond donors (Lipinski definition) is 1. The van der Waals surface area contributed by atoms with E-state index in [4.69, 9.17) is 9.84 Å². The van der Waals surface area contributed by atoms with Crippen LogP contribution in [0.15, 0.2) is 12.1 Å². The second kappa shape index (κ2) is 4.17. The summed E-state index contributed by atoms with van der Waals surface area (Å²) in [6.45, 7) is 0. The maximum atomic E-state index is 13.5. The zero-order valence-electron chi connectivity index (χ0n) is 9.00. The van der Waals surface area contributed by atoms with Crippen LogP contribution in [-0.2, 0) is 0 Å². The highest BCUT2D eigenvalue weighted by Crippen LogP contribution is 2.31. The Morgan fingerprint density at radius 1 is 1.28 bits per heavy atom. The molecule has 18 heavy (non-hydrogen) atoms. The van der Waals surface area contributed by atoms with Crippen LogP contribution in [0.1, 0.15) is 10.5 Å². The minimum Gasteiger partial charge on any atom is -0.496 e. The van der Waals surface area contributed by atoms with E-state index in [1.807, 2.05) is 0 Å². The predicted octanol–water partition coefficient (Wildman–Crippen LogP) is 2.36. The summed E-state index contributed by atoms with van der Waals surface area (Å²) >= 11 is 0. The van der Waals surface area contributed by atoms with Crippen molar-refractivity contribution in [3.8, 4) is 5.75 Å². The minimum atomic E-state index is -1.43. The first-order chi connectivity index (χ1) is 8.45. The Hall–Kier alpha value is -2.31. The lowest BCUT2D eigenvalue weighted by Crippen LogP contribution is -2.04. The lowest BCUT2D eigenvalue weighted by atomic mass is 10.1. The SMILES string of the molecule is COc1cc(C(=O)O)nc2c(F)cc(F)c(F)c12. The van der Waals surface area contributed by atoms with Gasteiger partial charge in [0.2, 0.25) is 0 Å². The van der Waals surface area contributed by atoms with Crippen LogP contribution in [0, 0.1) is 17.5 Å². The van der Waals surface area contributed by atoms with Gasteiger partial charge in [-0.05, 0) is 0 Å². The van der Waals surface area contributed by atoms with Crippen molar-refractivity contribution in [3.63, 3.8) is 0 Å². The molecule has 1 heterocycles. The van der Waals surface area contributed by atoms with E-state index < -0.39 is 40.0 Å². The van der Waals surface area contributed by atoms with Gasteiger partial charge in [0.15, 0.2) is 23.1 Å². The van der Waals surface area contributed by atoms with Crippen molar-refractivity contribution < 1.29 is 27.8 Å². The third-order valence-electron chi connectivity index (χ3n) is 2.33. The highest BCUT2D eigenvalue weighted by molar-refractivity contribution is 5.93. The van der Waals surface area contributed by atoms with Crippen molar-refractivity contribution in [2.24, 2.45) is 0 Å². The molecule has 0 unspecified atom stereocenters. The molecular formula is C11H6F3NO3. The number of carboxylic acids is 1. The Bertz CT molecular complexity index is 658. The summed E-state index contributed by atoms with van der Waals surface area (Å²) in [5.41, 5.74) is -1.12. The number of methoxy groups -OCH3 is 1. The van der Waals surface area contributed by atoms with Gasteiger partial charge in [-0.3, -0.25) is 0 Å². The fraction of sp³-hybridized carbons (Fsp3) is 0.0909. The highest BCUT2D eigenvalue weighted by Gasteiger charge is 2.20. The molecule has 1 N–H and O–H groups in total. The molecule has 2 aromatic rings. The van der Waals surface area contributed by atoms with Crippen molar-refractivity contribution >= 4 is 16.9 Å². The third kappa shape index (κ3) is 1.73.